The van der Waals surface area contributed by atoms with E-state index in [-0.39, 0.29) is 0 Å². The quantitative estimate of drug-likeness (QED) is 0.792. The summed E-state index contributed by atoms with van der Waals surface area (Å²) in [6.07, 6.45) is 0. The molecule has 0 saturated carbocycles. The first-order valence-corrected chi connectivity index (χ1v) is 5.25. The Kier molecular flexibility index (Phi) is 2.60. The molecule has 0 aliphatic heterocycles. The van der Waals surface area contributed by atoms with Gasteiger partial charge in [0, 0.05) is 5.56 Å². The van der Waals surface area contributed by atoms with Crippen LogP contribution in [0, 0.1) is 20.8 Å². The van der Waals surface area contributed by atoms with Gasteiger partial charge in [-0.1, -0.05) is 23.8 Å². The van der Waals surface area contributed by atoms with E-state index in [1.54, 1.807) is 0 Å². The zero-order chi connectivity index (χ0) is 11.7. The molecular weight excluding hydrogens is 198 g/mol. The number of aryl methyl sites for hydroxylation is 3. The summed E-state index contributed by atoms with van der Waals surface area (Å²) in [4.78, 5) is 0. The average Bonchev–Trinajstić information content (AvgIpc) is 2.22. The van der Waals surface area contributed by atoms with Crippen LogP contribution in [0.1, 0.15) is 16.7 Å². The Morgan fingerprint density at radius 1 is 0.938 bits per heavy atom. The summed E-state index contributed by atoms with van der Waals surface area (Å²) < 4.78 is 0. The van der Waals surface area contributed by atoms with E-state index in [9.17, 15) is 0 Å². The van der Waals surface area contributed by atoms with Crippen molar-refractivity contribution in [3.05, 3.63) is 41.0 Å². The molecule has 0 amide bonds. The normalized spacial score (nSPS) is 10.4. The number of nitrogen functional groups attached to an aromatic ring is 1. The third kappa shape index (κ3) is 1.89. The van der Waals surface area contributed by atoms with Crippen molar-refractivity contribution in [3.63, 3.8) is 0 Å². The lowest BCUT2D eigenvalue weighted by Gasteiger charge is -2.07. The number of anilines is 1. The Morgan fingerprint density at radius 2 is 1.69 bits per heavy atom. The Morgan fingerprint density at radius 3 is 2.31 bits per heavy atom. The number of nitrogens with two attached hydrogens (primary N) is 1. The highest BCUT2D eigenvalue weighted by atomic mass is 15.1. The lowest BCUT2D eigenvalue weighted by molar-refractivity contribution is 1.03. The molecule has 1 aromatic carbocycles. The van der Waals surface area contributed by atoms with Crippen LogP contribution >= 0.6 is 0 Å². The van der Waals surface area contributed by atoms with Gasteiger partial charge in [-0.2, -0.15) is 0 Å². The summed E-state index contributed by atoms with van der Waals surface area (Å²) in [7, 11) is 0. The molecule has 1 heterocycles. The molecule has 2 N–H and O–H groups in total. The summed E-state index contributed by atoms with van der Waals surface area (Å²) >= 11 is 0. The van der Waals surface area contributed by atoms with Crippen LogP contribution in [0.2, 0.25) is 0 Å². The van der Waals surface area contributed by atoms with Gasteiger partial charge in [-0.3, -0.25) is 0 Å². The minimum atomic E-state index is 0.494. The molecule has 0 saturated heterocycles. The van der Waals surface area contributed by atoms with E-state index >= 15 is 0 Å². The van der Waals surface area contributed by atoms with Gasteiger partial charge >= 0.3 is 0 Å². The van der Waals surface area contributed by atoms with Gasteiger partial charge in [0.2, 0.25) is 0 Å². The third-order valence-electron chi connectivity index (χ3n) is 2.68. The van der Waals surface area contributed by atoms with Gasteiger partial charge in [0.15, 0.2) is 0 Å². The second kappa shape index (κ2) is 3.93. The van der Waals surface area contributed by atoms with Crippen LogP contribution in [-0.4, -0.2) is 10.2 Å². The van der Waals surface area contributed by atoms with Gasteiger partial charge in [-0.25, -0.2) is 0 Å². The van der Waals surface area contributed by atoms with Crippen molar-refractivity contribution in [1.82, 2.24) is 10.2 Å². The van der Waals surface area contributed by atoms with E-state index in [2.05, 4.69) is 42.2 Å². The number of rotatable bonds is 1. The summed E-state index contributed by atoms with van der Waals surface area (Å²) in [5, 5.41) is 8.07. The Labute approximate surface area is 95.3 Å². The van der Waals surface area contributed by atoms with Crippen molar-refractivity contribution in [1.29, 1.82) is 0 Å². The largest absolute Gasteiger partial charge is 0.382 e. The predicted octanol–water partition coefficient (Wildman–Crippen LogP) is 2.65. The van der Waals surface area contributed by atoms with Gasteiger partial charge < -0.3 is 5.73 Å². The first-order chi connectivity index (χ1) is 7.58. The van der Waals surface area contributed by atoms with Gasteiger partial charge in [-0.15, -0.1) is 10.2 Å². The molecule has 2 rings (SSSR count). The summed E-state index contributed by atoms with van der Waals surface area (Å²) in [6.45, 7) is 6.10. The maximum absolute atomic E-state index is 5.66. The summed E-state index contributed by atoms with van der Waals surface area (Å²) in [5.41, 5.74) is 11.1. The van der Waals surface area contributed by atoms with Gasteiger partial charge in [0.1, 0.15) is 5.82 Å². The van der Waals surface area contributed by atoms with Gasteiger partial charge in [-0.05, 0) is 38.0 Å². The predicted molar refractivity (Wildman–Crippen MR) is 66.1 cm³/mol. The van der Waals surface area contributed by atoms with Crippen LogP contribution in [0.4, 0.5) is 5.82 Å². The molecule has 0 unspecified atom stereocenters. The molecule has 0 spiro atoms. The summed E-state index contributed by atoms with van der Waals surface area (Å²) in [5.74, 6) is 0.494. The Balaban J connectivity index is 2.54. The topological polar surface area (TPSA) is 51.8 Å². The standard InChI is InChI=1S/C13H15N3/c1-8-4-5-11(9(2)6-8)12-7-10(3)13(14)16-15-12/h4-7H,1-3H3,(H2,14,16). The van der Waals surface area contributed by atoms with Crippen LogP contribution in [0.5, 0.6) is 0 Å². The molecule has 0 aliphatic rings. The fourth-order valence-electron chi connectivity index (χ4n) is 1.73. The summed E-state index contributed by atoms with van der Waals surface area (Å²) in [6, 6.07) is 8.27. The first-order valence-electron chi connectivity index (χ1n) is 5.25. The highest BCUT2D eigenvalue weighted by Gasteiger charge is 2.05. The van der Waals surface area contributed by atoms with E-state index in [0.29, 0.717) is 5.82 Å². The molecule has 3 heteroatoms. The number of hydrogen-bond donors (Lipinski definition) is 1. The van der Waals surface area contributed by atoms with E-state index in [4.69, 9.17) is 5.73 Å². The number of hydrogen-bond acceptors (Lipinski definition) is 3. The van der Waals surface area contributed by atoms with Crippen molar-refractivity contribution in [2.24, 2.45) is 0 Å². The van der Waals surface area contributed by atoms with Crippen molar-refractivity contribution in [2.75, 3.05) is 5.73 Å². The van der Waals surface area contributed by atoms with Crippen molar-refractivity contribution >= 4 is 5.82 Å². The second-order valence-corrected chi connectivity index (χ2v) is 4.12. The fourth-order valence-corrected chi connectivity index (χ4v) is 1.73. The zero-order valence-corrected chi connectivity index (χ0v) is 9.78. The van der Waals surface area contributed by atoms with Crippen LogP contribution in [-0.2, 0) is 0 Å². The minimum Gasteiger partial charge on any atom is -0.382 e. The molecule has 0 aliphatic carbocycles. The minimum absolute atomic E-state index is 0.494. The maximum Gasteiger partial charge on any atom is 0.149 e. The zero-order valence-electron chi connectivity index (χ0n) is 9.78. The van der Waals surface area contributed by atoms with E-state index in [1.165, 1.54) is 11.1 Å². The highest BCUT2D eigenvalue weighted by Crippen LogP contribution is 2.23. The van der Waals surface area contributed by atoms with Crippen LogP contribution < -0.4 is 5.73 Å². The molecule has 16 heavy (non-hydrogen) atoms. The Hall–Kier alpha value is -1.90. The van der Waals surface area contributed by atoms with E-state index in [1.807, 2.05) is 13.0 Å². The molecule has 3 nitrogen and oxygen atoms in total. The Bertz CT molecular complexity index is 533. The smallest absolute Gasteiger partial charge is 0.149 e. The molecule has 2 aromatic rings. The second-order valence-electron chi connectivity index (χ2n) is 4.12. The first kappa shape index (κ1) is 10.6. The van der Waals surface area contributed by atoms with Crippen molar-refractivity contribution in [3.8, 4) is 11.3 Å². The van der Waals surface area contributed by atoms with Gasteiger partial charge in [0.05, 0.1) is 5.69 Å². The monoisotopic (exact) mass is 213 g/mol. The molecule has 0 bridgehead atoms. The third-order valence-corrected chi connectivity index (χ3v) is 2.68. The molecule has 82 valence electrons. The van der Waals surface area contributed by atoms with Gasteiger partial charge in [0.25, 0.3) is 0 Å². The average molecular weight is 213 g/mol. The molecular formula is C13H15N3. The highest BCUT2D eigenvalue weighted by molar-refractivity contribution is 5.65. The number of nitrogens with zero attached hydrogens (tertiary/aromatic N) is 2. The number of aromatic nitrogens is 2. The van der Waals surface area contributed by atoms with E-state index in [0.717, 1.165) is 16.8 Å². The fraction of sp³-hybridized carbons (Fsp3) is 0.231. The SMILES string of the molecule is Cc1ccc(-c2cc(C)c(N)nn2)c(C)c1. The van der Waals surface area contributed by atoms with Crippen molar-refractivity contribution < 1.29 is 0 Å². The maximum atomic E-state index is 5.66. The lowest BCUT2D eigenvalue weighted by atomic mass is 10.0. The lowest BCUT2D eigenvalue weighted by Crippen LogP contribution is -1.98. The molecule has 0 atom stereocenters. The molecule has 0 fully saturated rings. The number of benzene rings is 1. The van der Waals surface area contributed by atoms with E-state index < -0.39 is 0 Å². The van der Waals surface area contributed by atoms with Crippen LogP contribution in [0.15, 0.2) is 24.3 Å². The molecule has 1 aromatic heterocycles. The van der Waals surface area contributed by atoms with Crippen molar-refractivity contribution in [2.45, 2.75) is 20.8 Å². The van der Waals surface area contributed by atoms with Crippen LogP contribution in [0.25, 0.3) is 11.3 Å². The van der Waals surface area contributed by atoms with Crippen LogP contribution in [0.3, 0.4) is 0 Å². The molecule has 0 radical (unpaired) electrons.